The molecule has 1 atom stereocenters. The molecule has 1 aromatic carbocycles. The third kappa shape index (κ3) is 3.46. The van der Waals surface area contributed by atoms with Gasteiger partial charge in [-0.1, -0.05) is 18.7 Å². The van der Waals surface area contributed by atoms with Gasteiger partial charge in [-0.3, -0.25) is 0 Å². The average Bonchev–Trinajstić information content (AvgIpc) is 2.36. The smallest absolute Gasteiger partial charge is 0.337 e. The highest BCUT2D eigenvalue weighted by atomic mass is 16.7. The number of carbonyl (C=O) groups is 3. The average molecular weight is 294 g/mol. The molecule has 0 saturated carbocycles. The minimum Gasteiger partial charge on any atom is -0.478 e. The van der Waals surface area contributed by atoms with Crippen molar-refractivity contribution in [3.63, 3.8) is 0 Å². The summed E-state index contributed by atoms with van der Waals surface area (Å²) in [6.45, 7) is 5.73. The maximum atomic E-state index is 11.5. The number of carbonyl (C=O) groups excluding carboxylic acids is 1. The van der Waals surface area contributed by atoms with Crippen molar-refractivity contribution < 1.29 is 34.4 Å². The molecule has 0 aliphatic carbocycles. The van der Waals surface area contributed by atoms with E-state index in [1.54, 1.807) is 0 Å². The molecule has 1 aromatic rings. The summed E-state index contributed by atoms with van der Waals surface area (Å²) < 4.78 is 4.77. The molecule has 21 heavy (non-hydrogen) atoms. The molecule has 0 aliphatic heterocycles. The molecule has 0 heterocycles. The van der Waals surface area contributed by atoms with Crippen molar-refractivity contribution >= 4 is 17.9 Å². The van der Waals surface area contributed by atoms with Crippen LogP contribution in [0.4, 0.5) is 0 Å². The highest BCUT2D eigenvalue weighted by molar-refractivity contribution is 6.03. The summed E-state index contributed by atoms with van der Waals surface area (Å²) in [4.78, 5) is 33.8. The molecular formula is C14H14O7. The van der Waals surface area contributed by atoms with Crippen LogP contribution in [0.25, 0.3) is 0 Å². The summed E-state index contributed by atoms with van der Waals surface area (Å²) in [5.41, 5.74) is -1.51. The van der Waals surface area contributed by atoms with Crippen molar-refractivity contribution in [2.75, 3.05) is 0 Å². The Labute approximate surface area is 120 Å². The summed E-state index contributed by atoms with van der Waals surface area (Å²) >= 11 is 0. The van der Waals surface area contributed by atoms with Crippen LogP contribution in [0.2, 0.25) is 0 Å². The lowest BCUT2D eigenvalue weighted by atomic mass is 9.95. The molecule has 0 aliphatic rings. The molecule has 7 nitrogen and oxygen atoms in total. The standard InChI is InChI=1S/C14H14O7/c1-7(2)13(19)21-14(3,20)9-6-4-5-8(11(15)16)10(9)12(17)18/h4-6,20H,1H2,2-3H3,(H,15,16)(H,17,18). The predicted molar refractivity (Wildman–Crippen MR) is 70.8 cm³/mol. The maximum Gasteiger partial charge on any atom is 0.337 e. The second-order valence-electron chi connectivity index (χ2n) is 4.49. The number of hydrogen-bond donors (Lipinski definition) is 3. The first-order valence-electron chi connectivity index (χ1n) is 5.79. The molecule has 0 aromatic heterocycles. The van der Waals surface area contributed by atoms with Crippen molar-refractivity contribution in [1.82, 2.24) is 0 Å². The number of aromatic carboxylic acids is 2. The fourth-order valence-corrected chi connectivity index (χ4v) is 1.67. The van der Waals surface area contributed by atoms with E-state index >= 15 is 0 Å². The van der Waals surface area contributed by atoms with Gasteiger partial charge < -0.3 is 20.1 Å². The minimum absolute atomic E-state index is 0.00143. The van der Waals surface area contributed by atoms with Crippen molar-refractivity contribution in [2.45, 2.75) is 19.6 Å². The van der Waals surface area contributed by atoms with E-state index in [-0.39, 0.29) is 11.1 Å². The van der Waals surface area contributed by atoms with Crippen LogP contribution in [0.3, 0.4) is 0 Å². The van der Waals surface area contributed by atoms with Gasteiger partial charge in [0.15, 0.2) is 0 Å². The van der Waals surface area contributed by atoms with Gasteiger partial charge in [0.2, 0.25) is 5.79 Å². The Balaban J connectivity index is 3.45. The lowest BCUT2D eigenvalue weighted by Crippen LogP contribution is -2.32. The second-order valence-corrected chi connectivity index (χ2v) is 4.49. The van der Waals surface area contributed by atoms with E-state index in [9.17, 15) is 19.5 Å². The van der Waals surface area contributed by atoms with Crippen LogP contribution in [0.5, 0.6) is 0 Å². The monoisotopic (exact) mass is 294 g/mol. The highest BCUT2D eigenvalue weighted by Crippen LogP contribution is 2.29. The minimum atomic E-state index is -2.31. The zero-order valence-electron chi connectivity index (χ0n) is 11.4. The Kier molecular flexibility index (Phi) is 4.49. The summed E-state index contributed by atoms with van der Waals surface area (Å²) in [6, 6.07) is 3.49. The molecule has 0 spiro atoms. The third-order valence-electron chi connectivity index (χ3n) is 2.65. The van der Waals surface area contributed by atoms with Crippen LogP contribution >= 0.6 is 0 Å². The van der Waals surface area contributed by atoms with Crippen LogP contribution in [-0.4, -0.2) is 33.2 Å². The van der Waals surface area contributed by atoms with Crippen LogP contribution in [0.1, 0.15) is 40.1 Å². The Bertz CT molecular complexity index is 628. The number of carboxylic acids is 2. The van der Waals surface area contributed by atoms with Crippen molar-refractivity contribution in [1.29, 1.82) is 0 Å². The van der Waals surface area contributed by atoms with Gasteiger partial charge in [0.05, 0.1) is 11.1 Å². The molecule has 1 rings (SSSR count). The molecule has 7 heteroatoms. The topological polar surface area (TPSA) is 121 Å². The van der Waals surface area contributed by atoms with Gasteiger partial charge in [0.1, 0.15) is 0 Å². The quantitative estimate of drug-likeness (QED) is 0.426. The Morgan fingerprint density at radius 3 is 2.19 bits per heavy atom. The molecule has 3 N–H and O–H groups in total. The molecule has 0 radical (unpaired) electrons. The van der Waals surface area contributed by atoms with Crippen molar-refractivity contribution in [3.8, 4) is 0 Å². The fourth-order valence-electron chi connectivity index (χ4n) is 1.67. The number of carboxylic acid groups (broad SMARTS) is 2. The molecule has 1 unspecified atom stereocenters. The highest BCUT2D eigenvalue weighted by Gasteiger charge is 2.35. The van der Waals surface area contributed by atoms with Gasteiger partial charge in [0, 0.05) is 18.1 Å². The van der Waals surface area contributed by atoms with Crippen molar-refractivity contribution in [2.24, 2.45) is 0 Å². The van der Waals surface area contributed by atoms with Gasteiger partial charge in [-0.2, -0.15) is 0 Å². The van der Waals surface area contributed by atoms with Crippen LogP contribution in [0.15, 0.2) is 30.4 Å². The molecule has 0 saturated heterocycles. The van der Waals surface area contributed by atoms with E-state index in [0.29, 0.717) is 0 Å². The fraction of sp³-hybridized carbons (Fsp3) is 0.214. The largest absolute Gasteiger partial charge is 0.478 e. The SMILES string of the molecule is C=C(C)C(=O)OC(C)(O)c1cccc(C(=O)O)c1C(=O)O. The summed E-state index contributed by atoms with van der Waals surface area (Å²) in [7, 11) is 0. The molecular weight excluding hydrogens is 280 g/mol. The summed E-state index contributed by atoms with van der Waals surface area (Å²) in [5.74, 6) is -6.28. The molecule has 112 valence electrons. The van der Waals surface area contributed by atoms with Gasteiger partial charge in [-0.05, 0) is 13.0 Å². The second kappa shape index (κ2) is 5.76. The number of rotatable bonds is 5. The molecule has 0 amide bonds. The first kappa shape index (κ1) is 16.4. The Morgan fingerprint density at radius 1 is 1.19 bits per heavy atom. The molecule has 0 fully saturated rings. The van der Waals surface area contributed by atoms with E-state index in [0.717, 1.165) is 13.0 Å². The number of esters is 1. The Hall–Kier alpha value is -2.67. The lowest BCUT2D eigenvalue weighted by Gasteiger charge is -2.25. The van der Waals surface area contributed by atoms with Gasteiger partial charge in [-0.15, -0.1) is 0 Å². The van der Waals surface area contributed by atoms with E-state index in [1.165, 1.54) is 19.1 Å². The predicted octanol–water partition coefficient (Wildman–Crippen LogP) is 1.37. The zero-order valence-corrected chi connectivity index (χ0v) is 11.4. The van der Waals surface area contributed by atoms with Gasteiger partial charge in [0.25, 0.3) is 0 Å². The van der Waals surface area contributed by atoms with Gasteiger partial charge in [-0.25, -0.2) is 14.4 Å². The van der Waals surface area contributed by atoms with E-state index in [2.05, 4.69) is 6.58 Å². The third-order valence-corrected chi connectivity index (χ3v) is 2.65. The first-order chi connectivity index (χ1) is 9.58. The van der Waals surface area contributed by atoms with E-state index in [4.69, 9.17) is 14.9 Å². The maximum absolute atomic E-state index is 11.5. The number of hydrogen-bond acceptors (Lipinski definition) is 5. The van der Waals surface area contributed by atoms with Crippen LogP contribution < -0.4 is 0 Å². The summed E-state index contributed by atoms with van der Waals surface area (Å²) in [5, 5.41) is 28.4. The van der Waals surface area contributed by atoms with Crippen molar-refractivity contribution in [3.05, 3.63) is 47.0 Å². The number of ether oxygens (including phenoxy) is 1. The van der Waals surface area contributed by atoms with Crippen LogP contribution in [0, 0.1) is 0 Å². The lowest BCUT2D eigenvalue weighted by molar-refractivity contribution is -0.203. The summed E-state index contributed by atoms with van der Waals surface area (Å²) in [6.07, 6.45) is 0. The Morgan fingerprint density at radius 2 is 1.76 bits per heavy atom. The number of aliphatic hydroxyl groups is 1. The van der Waals surface area contributed by atoms with Crippen LogP contribution in [-0.2, 0) is 15.3 Å². The first-order valence-corrected chi connectivity index (χ1v) is 5.79. The van der Waals surface area contributed by atoms with E-state index < -0.39 is 34.8 Å². The molecule has 0 bridgehead atoms. The van der Waals surface area contributed by atoms with Gasteiger partial charge >= 0.3 is 17.9 Å². The normalized spacial score (nSPS) is 13.1. The number of benzene rings is 1. The zero-order chi connectivity index (χ0) is 16.4. The van der Waals surface area contributed by atoms with E-state index in [1.807, 2.05) is 0 Å².